The van der Waals surface area contributed by atoms with E-state index in [1.165, 1.54) is 6.33 Å². The summed E-state index contributed by atoms with van der Waals surface area (Å²) in [6, 6.07) is 0. The van der Waals surface area contributed by atoms with E-state index in [1.807, 2.05) is 0 Å². The second-order valence-electron chi connectivity index (χ2n) is 7.18. The summed E-state index contributed by atoms with van der Waals surface area (Å²) in [6.45, 7) is 6.22. The van der Waals surface area contributed by atoms with Gasteiger partial charge in [-0.25, -0.2) is 9.97 Å². The molecule has 0 aliphatic carbocycles. The van der Waals surface area contributed by atoms with E-state index in [0.29, 0.717) is 23.6 Å². The number of fused-ring (bicyclic) bond motifs is 1. The molecule has 5 unspecified atom stereocenters. The minimum absolute atomic E-state index is 0.00543. The van der Waals surface area contributed by atoms with E-state index in [0.717, 1.165) is 0 Å². The van der Waals surface area contributed by atoms with Crippen LogP contribution in [0, 0.1) is 5.41 Å². The van der Waals surface area contributed by atoms with Gasteiger partial charge in [-0.1, -0.05) is 20.8 Å². The number of hydrogen-bond donors (Lipinski definition) is 3. The minimum Gasteiger partial charge on any atom is -0.388 e. The maximum absolute atomic E-state index is 10.4. The topological polar surface area (TPSA) is 114 Å². The van der Waals surface area contributed by atoms with E-state index in [2.05, 4.69) is 35.7 Å². The number of nitrogens with zero attached hydrogens (tertiary/aromatic N) is 3. The molecule has 22 heavy (non-hydrogen) atoms. The Bertz CT molecular complexity index is 599. The monoisotopic (exact) mass is 306 g/mol. The maximum atomic E-state index is 10.4. The minimum atomic E-state index is -0.981. The normalized spacial score (nSPS) is 34.1. The van der Waals surface area contributed by atoms with Crippen LogP contribution in [-0.2, 0) is 4.74 Å². The highest BCUT2D eigenvalue weighted by Gasteiger charge is 2.48. The third-order valence-electron chi connectivity index (χ3n) is 4.13. The SMILES string of the molecule is CC(C)(C)CC1OC(C2C=Nc3c(N)ncnc32)C(O)C1O. The molecule has 0 amide bonds. The Hall–Kier alpha value is -1.57. The van der Waals surface area contributed by atoms with Gasteiger partial charge in [0.05, 0.1) is 23.8 Å². The Morgan fingerprint density at radius 2 is 1.95 bits per heavy atom. The number of anilines is 1. The number of aliphatic hydroxyl groups is 2. The first-order chi connectivity index (χ1) is 10.3. The van der Waals surface area contributed by atoms with Crippen LogP contribution in [0.1, 0.15) is 38.8 Å². The number of hydrogen-bond acceptors (Lipinski definition) is 7. The molecule has 0 saturated carbocycles. The lowest BCUT2D eigenvalue weighted by Crippen LogP contribution is -2.36. The maximum Gasteiger partial charge on any atom is 0.153 e. The lowest BCUT2D eigenvalue weighted by atomic mass is 9.86. The fourth-order valence-electron chi connectivity index (χ4n) is 3.10. The van der Waals surface area contributed by atoms with Crippen molar-refractivity contribution < 1.29 is 14.9 Å². The van der Waals surface area contributed by atoms with Gasteiger partial charge in [-0.2, -0.15) is 0 Å². The molecule has 1 saturated heterocycles. The average molecular weight is 306 g/mol. The van der Waals surface area contributed by atoms with Gasteiger partial charge < -0.3 is 20.7 Å². The van der Waals surface area contributed by atoms with Crippen molar-refractivity contribution >= 4 is 17.7 Å². The second kappa shape index (κ2) is 5.26. The van der Waals surface area contributed by atoms with Crippen molar-refractivity contribution in [1.29, 1.82) is 0 Å². The van der Waals surface area contributed by atoms with Gasteiger partial charge in [-0.05, 0) is 11.8 Å². The molecule has 0 bridgehead atoms. The summed E-state index contributed by atoms with van der Waals surface area (Å²) >= 11 is 0. The molecule has 0 spiro atoms. The van der Waals surface area contributed by atoms with Crippen LogP contribution >= 0.6 is 0 Å². The van der Waals surface area contributed by atoms with E-state index < -0.39 is 24.4 Å². The molecule has 7 heteroatoms. The molecule has 3 rings (SSSR count). The van der Waals surface area contributed by atoms with Gasteiger partial charge in [0.2, 0.25) is 0 Å². The summed E-state index contributed by atoms with van der Waals surface area (Å²) in [6.07, 6.45) is 0.811. The molecule has 2 aliphatic rings. The average Bonchev–Trinajstić information content (AvgIpc) is 2.95. The largest absolute Gasteiger partial charge is 0.388 e. The van der Waals surface area contributed by atoms with Gasteiger partial charge in [0.1, 0.15) is 24.2 Å². The fourth-order valence-corrected chi connectivity index (χ4v) is 3.10. The zero-order chi connectivity index (χ0) is 16.1. The molecule has 2 aliphatic heterocycles. The summed E-state index contributed by atoms with van der Waals surface area (Å²) in [4.78, 5) is 12.4. The van der Waals surface area contributed by atoms with Gasteiger partial charge in [-0.3, -0.25) is 4.99 Å². The number of nitrogens with two attached hydrogens (primary N) is 1. The highest BCUT2D eigenvalue weighted by molar-refractivity contribution is 5.84. The first kappa shape index (κ1) is 15.3. The van der Waals surface area contributed by atoms with Crippen molar-refractivity contribution in [3.8, 4) is 0 Å². The molecule has 3 heterocycles. The lowest BCUT2D eigenvalue weighted by molar-refractivity contribution is -0.0147. The van der Waals surface area contributed by atoms with E-state index in [4.69, 9.17) is 10.5 Å². The van der Waals surface area contributed by atoms with Gasteiger partial charge in [-0.15, -0.1) is 0 Å². The van der Waals surface area contributed by atoms with Crippen LogP contribution in [0.5, 0.6) is 0 Å². The van der Waals surface area contributed by atoms with Crippen LogP contribution in [0.2, 0.25) is 0 Å². The molecular formula is C15H22N4O3. The van der Waals surface area contributed by atoms with Gasteiger partial charge in [0.25, 0.3) is 0 Å². The predicted octanol–water partition coefficient (Wildman–Crippen LogP) is 0.784. The molecule has 4 N–H and O–H groups in total. The molecule has 120 valence electrons. The van der Waals surface area contributed by atoms with Crippen molar-refractivity contribution in [2.75, 3.05) is 5.73 Å². The first-order valence-electron chi connectivity index (χ1n) is 7.44. The summed E-state index contributed by atoms with van der Waals surface area (Å²) in [7, 11) is 0. The zero-order valence-electron chi connectivity index (χ0n) is 13.0. The molecule has 1 aromatic rings. The third-order valence-corrected chi connectivity index (χ3v) is 4.13. The van der Waals surface area contributed by atoms with E-state index in [1.54, 1.807) is 6.21 Å². The van der Waals surface area contributed by atoms with Crippen LogP contribution in [0.3, 0.4) is 0 Å². The number of aromatic nitrogens is 2. The number of rotatable bonds is 2. The Kier molecular flexibility index (Phi) is 3.66. The Labute approximate surface area is 129 Å². The molecule has 5 atom stereocenters. The highest BCUT2D eigenvalue weighted by Crippen LogP contribution is 2.41. The van der Waals surface area contributed by atoms with Crippen molar-refractivity contribution in [3.05, 3.63) is 12.0 Å². The molecular weight excluding hydrogens is 284 g/mol. The Morgan fingerprint density at radius 1 is 1.23 bits per heavy atom. The van der Waals surface area contributed by atoms with Crippen LogP contribution in [-0.4, -0.2) is 50.8 Å². The van der Waals surface area contributed by atoms with Crippen LogP contribution in [0.15, 0.2) is 11.3 Å². The summed E-state index contributed by atoms with van der Waals surface area (Å²) in [5.74, 6) is -0.0158. The summed E-state index contributed by atoms with van der Waals surface area (Å²) in [5.41, 5.74) is 6.95. The fraction of sp³-hybridized carbons (Fsp3) is 0.667. The quantitative estimate of drug-likeness (QED) is 0.744. The van der Waals surface area contributed by atoms with Crippen molar-refractivity contribution in [3.63, 3.8) is 0 Å². The first-order valence-corrected chi connectivity index (χ1v) is 7.44. The Balaban J connectivity index is 1.83. The zero-order valence-corrected chi connectivity index (χ0v) is 13.0. The van der Waals surface area contributed by atoms with Gasteiger partial charge in [0.15, 0.2) is 5.82 Å². The van der Waals surface area contributed by atoms with Gasteiger partial charge >= 0.3 is 0 Å². The van der Waals surface area contributed by atoms with E-state index >= 15 is 0 Å². The molecule has 1 aromatic heterocycles. The van der Waals surface area contributed by atoms with Crippen LogP contribution < -0.4 is 5.73 Å². The molecule has 0 radical (unpaired) electrons. The smallest absolute Gasteiger partial charge is 0.153 e. The van der Waals surface area contributed by atoms with E-state index in [9.17, 15) is 10.2 Å². The van der Waals surface area contributed by atoms with Crippen molar-refractivity contribution in [2.24, 2.45) is 10.4 Å². The Morgan fingerprint density at radius 3 is 2.64 bits per heavy atom. The van der Waals surface area contributed by atoms with Crippen molar-refractivity contribution in [1.82, 2.24) is 9.97 Å². The highest BCUT2D eigenvalue weighted by atomic mass is 16.5. The number of aliphatic imine (C=N–C) groups is 1. The number of ether oxygens (including phenoxy) is 1. The number of aliphatic hydroxyl groups excluding tert-OH is 2. The predicted molar refractivity (Wildman–Crippen MR) is 82.1 cm³/mol. The third kappa shape index (κ3) is 2.60. The van der Waals surface area contributed by atoms with Gasteiger partial charge in [0, 0.05) is 6.21 Å². The number of nitrogen functional groups attached to an aromatic ring is 1. The van der Waals surface area contributed by atoms with E-state index in [-0.39, 0.29) is 11.3 Å². The second-order valence-corrected chi connectivity index (χ2v) is 7.18. The van der Waals surface area contributed by atoms with Crippen LogP contribution in [0.4, 0.5) is 11.5 Å². The molecule has 0 aromatic carbocycles. The molecule has 7 nitrogen and oxygen atoms in total. The summed E-state index contributed by atoms with van der Waals surface area (Å²) in [5, 5.41) is 20.6. The molecule has 1 fully saturated rings. The summed E-state index contributed by atoms with van der Waals surface area (Å²) < 4.78 is 5.95. The van der Waals surface area contributed by atoms with Crippen LogP contribution in [0.25, 0.3) is 0 Å². The lowest BCUT2D eigenvalue weighted by Gasteiger charge is -2.25. The van der Waals surface area contributed by atoms with Crippen molar-refractivity contribution in [2.45, 2.75) is 57.5 Å². The standard InChI is InChI=1S/C15H22N4O3/c1-15(2,3)4-8-11(20)12(21)13(22-8)7-5-17-10-9(7)18-6-19-14(10)16/h5-8,11-13,20-21H,4H2,1-3H3,(H2,16,18,19).